The van der Waals surface area contributed by atoms with E-state index in [1.165, 1.54) is 5.56 Å². The van der Waals surface area contributed by atoms with E-state index in [0.717, 1.165) is 34.8 Å². The van der Waals surface area contributed by atoms with E-state index in [1.807, 2.05) is 30.5 Å². The van der Waals surface area contributed by atoms with E-state index in [9.17, 15) is 4.79 Å². The number of imidazole rings is 1. The van der Waals surface area contributed by atoms with Crippen LogP contribution in [0.25, 0.3) is 5.65 Å². The second-order valence-electron chi connectivity index (χ2n) is 7.81. The average molecular weight is 347 g/mol. The van der Waals surface area contributed by atoms with Crippen LogP contribution in [0.15, 0.2) is 42.6 Å². The molecule has 0 aliphatic carbocycles. The SMILES string of the molecule is CC1(C)Cc2cc([C@@H]3CC(=O)NCc4nc5ccccn5c43)ccc2O1. The van der Waals surface area contributed by atoms with Gasteiger partial charge in [0.25, 0.3) is 0 Å². The molecular weight excluding hydrogens is 326 g/mol. The Bertz CT molecular complexity index is 1030. The minimum absolute atomic E-state index is 0.0149. The lowest BCUT2D eigenvalue weighted by Gasteiger charge is -2.17. The van der Waals surface area contributed by atoms with E-state index in [2.05, 4.69) is 35.7 Å². The molecule has 5 rings (SSSR count). The molecule has 4 heterocycles. The molecule has 132 valence electrons. The van der Waals surface area contributed by atoms with E-state index in [1.54, 1.807) is 0 Å². The number of hydrogen-bond donors (Lipinski definition) is 1. The minimum atomic E-state index is -0.170. The molecule has 0 fully saturated rings. The van der Waals surface area contributed by atoms with Gasteiger partial charge in [-0.25, -0.2) is 4.98 Å². The highest BCUT2D eigenvalue weighted by Gasteiger charge is 2.33. The maximum absolute atomic E-state index is 12.3. The van der Waals surface area contributed by atoms with Crippen molar-refractivity contribution in [3.63, 3.8) is 0 Å². The van der Waals surface area contributed by atoms with Crippen LogP contribution < -0.4 is 10.1 Å². The normalized spacial score (nSPS) is 20.8. The highest BCUT2D eigenvalue weighted by Crippen LogP contribution is 2.39. The molecule has 5 nitrogen and oxygen atoms in total. The van der Waals surface area contributed by atoms with E-state index in [-0.39, 0.29) is 17.4 Å². The first kappa shape index (κ1) is 15.4. The Morgan fingerprint density at radius 2 is 2.15 bits per heavy atom. The van der Waals surface area contributed by atoms with Gasteiger partial charge in [-0.05, 0) is 43.2 Å². The van der Waals surface area contributed by atoms with Gasteiger partial charge in [-0.3, -0.25) is 4.79 Å². The molecule has 1 N–H and O–H groups in total. The fraction of sp³-hybridized carbons (Fsp3) is 0.333. The summed E-state index contributed by atoms with van der Waals surface area (Å²) in [6, 6.07) is 12.3. The van der Waals surface area contributed by atoms with Crippen molar-refractivity contribution in [2.75, 3.05) is 0 Å². The zero-order chi connectivity index (χ0) is 17.9. The lowest BCUT2D eigenvalue weighted by Crippen LogP contribution is -2.24. The van der Waals surface area contributed by atoms with Crippen LogP contribution in [-0.4, -0.2) is 20.9 Å². The molecule has 0 bridgehead atoms. The molecule has 0 unspecified atom stereocenters. The van der Waals surface area contributed by atoms with E-state index in [0.29, 0.717) is 13.0 Å². The number of benzene rings is 1. The number of carbonyl (C=O) groups is 1. The van der Waals surface area contributed by atoms with Gasteiger partial charge >= 0.3 is 0 Å². The molecule has 1 atom stereocenters. The highest BCUT2D eigenvalue weighted by atomic mass is 16.5. The Kier molecular flexibility index (Phi) is 3.17. The Hall–Kier alpha value is -2.82. The second-order valence-corrected chi connectivity index (χ2v) is 7.81. The number of ether oxygens (including phenoxy) is 1. The summed E-state index contributed by atoms with van der Waals surface area (Å²) in [5.74, 6) is 1.00. The van der Waals surface area contributed by atoms with Crippen molar-refractivity contribution >= 4 is 11.6 Å². The Balaban J connectivity index is 1.66. The average Bonchev–Trinajstić information content (AvgIpc) is 3.07. The molecular formula is C21H21N3O2. The Labute approximate surface area is 152 Å². The number of rotatable bonds is 1. The third-order valence-electron chi connectivity index (χ3n) is 5.31. The quantitative estimate of drug-likeness (QED) is 0.735. The fourth-order valence-electron chi connectivity index (χ4n) is 4.22. The number of fused-ring (bicyclic) bond motifs is 4. The van der Waals surface area contributed by atoms with Gasteiger partial charge in [0.2, 0.25) is 5.91 Å². The number of hydrogen-bond acceptors (Lipinski definition) is 3. The van der Waals surface area contributed by atoms with Gasteiger partial charge in [0, 0.05) is 25.0 Å². The summed E-state index contributed by atoms with van der Waals surface area (Å²) in [5.41, 5.74) is 5.17. The molecule has 0 radical (unpaired) electrons. The first-order valence-corrected chi connectivity index (χ1v) is 9.05. The molecule has 0 saturated heterocycles. The smallest absolute Gasteiger partial charge is 0.221 e. The van der Waals surface area contributed by atoms with Crippen LogP contribution in [0, 0.1) is 0 Å². The summed E-state index contributed by atoms with van der Waals surface area (Å²) < 4.78 is 8.13. The van der Waals surface area contributed by atoms with E-state index < -0.39 is 0 Å². The maximum Gasteiger partial charge on any atom is 0.221 e. The van der Waals surface area contributed by atoms with Crippen LogP contribution in [0.4, 0.5) is 0 Å². The van der Waals surface area contributed by atoms with Crippen LogP contribution in [0.2, 0.25) is 0 Å². The summed E-state index contributed by atoms with van der Waals surface area (Å²) in [4.78, 5) is 17.1. The molecule has 5 heteroatoms. The number of aromatic nitrogens is 2. The summed E-state index contributed by atoms with van der Waals surface area (Å²) in [7, 11) is 0. The molecule has 2 aliphatic rings. The van der Waals surface area contributed by atoms with Crippen molar-refractivity contribution in [3.8, 4) is 5.75 Å². The van der Waals surface area contributed by atoms with Crippen molar-refractivity contribution in [1.82, 2.24) is 14.7 Å². The predicted octanol–water partition coefficient (Wildman–Crippen LogP) is 3.20. The van der Waals surface area contributed by atoms with Crippen LogP contribution in [0.3, 0.4) is 0 Å². The lowest BCUT2D eigenvalue weighted by molar-refractivity contribution is -0.121. The van der Waals surface area contributed by atoms with Crippen LogP contribution >= 0.6 is 0 Å². The van der Waals surface area contributed by atoms with Gasteiger partial charge in [0.1, 0.15) is 17.0 Å². The Morgan fingerprint density at radius 1 is 1.27 bits per heavy atom. The van der Waals surface area contributed by atoms with Crippen LogP contribution in [0.1, 0.15) is 48.7 Å². The largest absolute Gasteiger partial charge is 0.487 e. The third kappa shape index (κ3) is 2.38. The van der Waals surface area contributed by atoms with Gasteiger partial charge in [-0.2, -0.15) is 0 Å². The molecule has 0 spiro atoms. The lowest BCUT2D eigenvalue weighted by atomic mass is 9.89. The molecule has 0 saturated carbocycles. The number of nitrogens with zero attached hydrogens (tertiary/aromatic N) is 2. The second kappa shape index (κ2) is 5.34. The molecule has 26 heavy (non-hydrogen) atoms. The van der Waals surface area contributed by atoms with Crippen molar-refractivity contribution in [3.05, 3.63) is 65.1 Å². The summed E-state index contributed by atoms with van der Waals surface area (Å²) in [6.07, 6.45) is 3.34. The number of pyridine rings is 1. The van der Waals surface area contributed by atoms with Gasteiger partial charge in [-0.1, -0.05) is 18.2 Å². The van der Waals surface area contributed by atoms with Gasteiger partial charge < -0.3 is 14.5 Å². The molecule has 1 amide bonds. The Morgan fingerprint density at radius 3 is 3.04 bits per heavy atom. The molecule has 2 aliphatic heterocycles. The number of carbonyl (C=O) groups excluding carboxylic acids is 1. The summed E-state index contributed by atoms with van der Waals surface area (Å²) >= 11 is 0. The predicted molar refractivity (Wildman–Crippen MR) is 98.4 cm³/mol. The first-order valence-electron chi connectivity index (χ1n) is 9.05. The minimum Gasteiger partial charge on any atom is -0.487 e. The summed E-state index contributed by atoms with van der Waals surface area (Å²) in [5, 5.41) is 2.99. The topological polar surface area (TPSA) is 55.6 Å². The van der Waals surface area contributed by atoms with E-state index >= 15 is 0 Å². The third-order valence-corrected chi connectivity index (χ3v) is 5.31. The number of nitrogens with one attached hydrogen (secondary N) is 1. The molecule has 2 aromatic heterocycles. The van der Waals surface area contributed by atoms with Gasteiger partial charge in [0.05, 0.1) is 17.9 Å². The maximum atomic E-state index is 12.3. The first-order chi connectivity index (χ1) is 12.5. The van der Waals surface area contributed by atoms with E-state index in [4.69, 9.17) is 9.72 Å². The summed E-state index contributed by atoms with van der Waals surface area (Å²) in [6.45, 7) is 4.69. The highest BCUT2D eigenvalue weighted by molar-refractivity contribution is 5.78. The van der Waals surface area contributed by atoms with Crippen molar-refractivity contribution in [1.29, 1.82) is 0 Å². The van der Waals surface area contributed by atoms with Crippen molar-refractivity contribution in [2.45, 2.75) is 44.8 Å². The number of amides is 1. The standard InChI is InChI=1S/C21H21N3O2/c1-21(2)11-14-9-13(6-7-17(14)26-21)15-10-19(25)22-12-16-20(15)24-8-4-3-5-18(24)23-16/h3-9,15H,10-12H2,1-2H3,(H,22,25)/t15-/m0/s1. The zero-order valence-corrected chi connectivity index (χ0v) is 15.0. The fourth-order valence-corrected chi connectivity index (χ4v) is 4.22. The van der Waals surface area contributed by atoms with Gasteiger partial charge in [0.15, 0.2) is 0 Å². The molecule has 3 aromatic rings. The van der Waals surface area contributed by atoms with Crippen molar-refractivity contribution in [2.24, 2.45) is 0 Å². The van der Waals surface area contributed by atoms with Crippen LogP contribution in [-0.2, 0) is 17.8 Å². The van der Waals surface area contributed by atoms with Gasteiger partial charge in [-0.15, -0.1) is 0 Å². The zero-order valence-electron chi connectivity index (χ0n) is 15.0. The monoisotopic (exact) mass is 347 g/mol. The van der Waals surface area contributed by atoms with Crippen LogP contribution in [0.5, 0.6) is 5.75 Å². The van der Waals surface area contributed by atoms with Crippen molar-refractivity contribution < 1.29 is 9.53 Å². The molecule has 1 aromatic carbocycles.